The van der Waals surface area contributed by atoms with E-state index in [1.54, 1.807) is 12.1 Å². The summed E-state index contributed by atoms with van der Waals surface area (Å²) in [6.45, 7) is 6.91. The van der Waals surface area contributed by atoms with Crippen molar-refractivity contribution in [2.45, 2.75) is 27.3 Å². The Labute approximate surface area is 118 Å². The number of benzene rings is 1. The van der Waals surface area contributed by atoms with Crippen LogP contribution in [0.5, 0.6) is 0 Å². The molecule has 0 spiro atoms. The van der Waals surface area contributed by atoms with E-state index in [-0.39, 0.29) is 12.4 Å². The maximum Gasteiger partial charge on any atom is 0.138 e. The second kappa shape index (κ2) is 5.89. The Balaban J connectivity index is 2.32. The van der Waals surface area contributed by atoms with Gasteiger partial charge < -0.3 is 5.73 Å². The lowest BCUT2D eigenvalue weighted by Crippen LogP contribution is -2.05. The second-order valence-corrected chi connectivity index (χ2v) is 4.77. The summed E-state index contributed by atoms with van der Waals surface area (Å²) in [5, 5.41) is 4.49. The fraction of sp³-hybridized carbons (Fsp3) is 0.312. The second-order valence-electron chi connectivity index (χ2n) is 4.77. The minimum atomic E-state index is -0.320. The maximum atomic E-state index is 13.6. The Kier molecular flexibility index (Phi) is 4.21. The van der Waals surface area contributed by atoms with Crippen molar-refractivity contribution in [3.8, 4) is 11.8 Å². The van der Waals surface area contributed by atoms with Crippen LogP contribution in [0.25, 0.3) is 0 Å². The molecule has 104 valence electrons. The summed E-state index contributed by atoms with van der Waals surface area (Å²) < 4.78 is 15.5. The highest BCUT2D eigenvalue weighted by atomic mass is 19.1. The van der Waals surface area contributed by atoms with E-state index in [0.717, 1.165) is 17.0 Å². The van der Waals surface area contributed by atoms with Gasteiger partial charge in [0.25, 0.3) is 0 Å². The SMILES string of the molecule is Cc1nn(Cc2ccc(F)c(C#CCN)c2)c(C)c1C. The summed E-state index contributed by atoms with van der Waals surface area (Å²) in [5.41, 5.74) is 10.0. The van der Waals surface area contributed by atoms with Crippen molar-refractivity contribution in [2.24, 2.45) is 5.73 Å². The monoisotopic (exact) mass is 271 g/mol. The number of aromatic nitrogens is 2. The van der Waals surface area contributed by atoms with Crippen LogP contribution in [0.3, 0.4) is 0 Å². The van der Waals surface area contributed by atoms with Crippen LogP contribution in [0.4, 0.5) is 4.39 Å². The van der Waals surface area contributed by atoms with Crippen molar-refractivity contribution in [2.75, 3.05) is 6.54 Å². The molecule has 0 aliphatic carbocycles. The standard InChI is InChI=1S/C16H18FN3/c1-11-12(2)19-20(13(11)3)10-14-6-7-16(17)15(9-14)5-4-8-18/h6-7,9H,8,10,18H2,1-3H3. The van der Waals surface area contributed by atoms with Crippen LogP contribution in [0.2, 0.25) is 0 Å². The summed E-state index contributed by atoms with van der Waals surface area (Å²) in [4.78, 5) is 0. The van der Waals surface area contributed by atoms with Gasteiger partial charge in [-0.3, -0.25) is 4.68 Å². The first-order chi connectivity index (χ1) is 9.52. The normalized spacial score (nSPS) is 10.2. The van der Waals surface area contributed by atoms with Gasteiger partial charge in [-0.05, 0) is 44.0 Å². The summed E-state index contributed by atoms with van der Waals surface area (Å²) >= 11 is 0. The van der Waals surface area contributed by atoms with Crippen molar-refractivity contribution in [3.63, 3.8) is 0 Å². The lowest BCUT2D eigenvalue weighted by atomic mass is 10.1. The highest BCUT2D eigenvalue weighted by molar-refractivity contribution is 5.39. The molecular weight excluding hydrogens is 253 g/mol. The van der Waals surface area contributed by atoms with Gasteiger partial charge in [0, 0.05) is 5.69 Å². The van der Waals surface area contributed by atoms with Crippen LogP contribution in [-0.2, 0) is 6.54 Å². The first-order valence-corrected chi connectivity index (χ1v) is 6.51. The molecule has 1 aromatic carbocycles. The average Bonchev–Trinajstić information content (AvgIpc) is 2.67. The number of nitrogens with zero attached hydrogens (tertiary/aromatic N) is 2. The number of nitrogens with two attached hydrogens (primary N) is 1. The maximum absolute atomic E-state index is 13.6. The van der Waals surface area contributed by atoms with Crippen LogP contribution in [-0.4, -0.2) is 16.3 Å². The third kappa shape index (κ3) is 2.89. The third-order valence-corrected chi connectivity index (χ3v) is 3.43. The lowest BCUT2D eigenvalue weighted by Gasteiger charge is -2.06. The van der Waals surface area contributed by atoms with Crippen molar-refractivity contribution < 1.29 is 4.39 Å². The Hall–Kier alpha value is -2.12. The molecule has 1 aromatic heterocycles. The number of rotatable bonds is 2. The summed E-state index contributed by atoms with van der Waals surface area (Å²) in [6.07, 6.45) is 0. The molecule has 0 radical (unpaired) electrons. The molecule has 2 rings (SSSR count). The number of hydrogen-bond acceptors (Lipinski definition) is 2. The molecule has 0 saturated heterocycles. The summed E-state index contributed by atoms with van der Waals surface area (Å²) in [6, 6.07) is 4.95. The fourth-order valence-electron chi connectivity index (χ4n) is 2.03. The van der Waals surface area contributed by atoms with E-state index in [4.69, 9.17) is 5.73 Å². The zero-order valence-electron chi connectivity index (χ0n) is 12.0. The largest absolute Gasteiger partial charge is 0.320 e. The van der Waals surface area contributed by atoms with Crippen LogP contribution in [0, 0.1) is 38.4 Å². The van der Waals surface area contributed by atoms with Gasteiger partial charge >= 0.3 is 0 Å². The van der Waals surface area contributed by atoms with Gasteiger partial charge in [-0.25, -0.2) is 4.39 Å². The minimum Gasteiger partial charge on any atom is -0.320 e. The van der Waals surface area contributed by atoms with E-state index in [2.05, 4.69) is 23.9 Å². The zero-order chi connectivity index (χ0) is 14.7. The number of aryl methyl sites for hydroxylation is 1. The molecule has 0 fully saturated rings. The van der Waals surface area contributed by atoms with Gasteiger partial charge in [0.2, 0.25) is 0 Å². The molecule has 3 nitrogen and oxygen atoms in total. The fourth-order valence-corrected chi connectivity index (χ4v) is 2.03. The molecule has 0 bridgehead atoms. The Bertz CT molecular complexity index is 690. The Morgan fingerprint density at radius 1 is 1.30 bits per heavy atom. The van der Waals surface area contributed by atoms with E-state index in [9.17, 15) is 4.39 Å². The predicted molar refractivity (Wildman–Crippen MR) is 77.9 cm³/mol. The predicted octanol–water partition coefficient (Wildman–Crippen LogP) is 2.31. The van der Waals surface area contributed by atoms with Crippen molar-refractivity contribution in [1.29, 1.82) is 0 Å². The van der Waals surface area contributed by atoms with Gasteiger partial charge in [-0.15, -0.1) is 0 Å². The number of halogens is 1. The molecule has 0 aliphatic heterocycles. The van der Waals surface area contributed by atoms with Crippen LogP contribution in [0.1, 0.15) is 28.1 Å². The van der Waals surface area contributed by atoms with Gasteiger partial charge in [-0.2, -0.15) is 5.10 Å². The van der Waals surface area contributed by atoms with Crippen LogP contribution in [0.15, 0.2) is 18.2 Å². The van der Waals surface area contributed by atoms with E-state index >= 15 is 0 Å². The van der Waals surface area contributed by atoms with Crippen molar-refractivity contribution in [3.05, 3.63) is 52.1 Å². The summed E-state index contributed by atoms with van der Waals surface area (Å²) in [7, 11) is 0. The zero-order valence-corrected chi connectivity index (χ0v) is 12.0. The quantitative estimate of drug-likeness (QED) is 0.852. The molecule has 0 aliphatic rings. The topological polar surface area (TPSA) is 43.8 Å². The molecule has 0 atom stereocenters. The van der Waals surface area contributed by atoms with Crippen LogP contribution >= 0.6 is 0 Å². The molecule has 2 aromatic rings. The molecule has 0 unspecified atom stereocenters. The van der Waals surface area contributed by atoms with E-state index in [1.165, 1.54) is 11.6 Å². The number of hydrogen-bond donors (Lipinski definition) is 1. The Morgan fingerprint density at radius 3 is 2.65 bits per heavy atom. The van der Waals surface area contributed by atoms with Gasteiger partial charge in [0.05, 0.1) is 24.3 Å². The van der Waals surface area contributed by atoms with Crippen molar-refractivity contribution >= 4 is 0 Å². The molecule has 0 amide bonds. The minimum absolute atomic E-state index is 0.223. The summed E-state index contributed by atoms with van der Waals surface area (Å²) in [5.74, 6) is 5.11. The Morgan fingerprint density at radius 2 is 2.05 bits per heavy atom. The van der Waals surface area contributed by atoms with E-state index < -0.39 is 0 Å². The molecule has 1 heterocycles. The first kappa shape index (κ1) is 14.3. The van der Waals surface area contributed by atoms with Gasteiger partial charge in [0.15, 0.2) is 0 Å². The first-order valence-electron chi connectivity index (χ1n) is 6.51. The third-order valence-electron chi connectivity index (χ3n) is 3.43. The van der Waals surface area contributed by atoms with Gasteiger partial charge in [0.1, 0.15) is 5.82 Å². The average molecular weight is 271 g/mol. The molecule has 20 heavy (non-hydrogen) atoms. The lowest BCUT2D eigenvalue weighted by molar-refractivity contribution is 0.619. The van der Waals surface area contributed by atoms with Crippen molar-refractivity contribution in [1.82, 2.24) is 9.78 Å². The highest BCUT2D eigenvalue weighted by Gasteiger charge is 2.08. The van der Waals surface area contributed by atoms with E-state index in [0.29, 0.717) is 12.1 Å². The molecule has 2 N–H and O–H groups in total. The molecule has 0 saturated carbocycles. The van der Waals surface area contributed by atoms with E-state index in [1.807, 2.05) is 18.5 Å². The van der Waals surface area contributed by atoms with Gasteiger partial charge in [-0.1, -0.05) is 17.9 Å². The smallest absolute Gasteiger partial charge is 0.138 e. The molecular formula is C16H18FN3. The highest BCUT2D eigenvalue weighted by Crippen LogP contribution is 2.15. The van der Waals surface area contributed by atoms with Crippen LogP contribution < -0.4 is 5.73 Å². The molecule has 4 heteroatoms.